The van der Waals surface area contributed by atoms with Crippen LogP contribution in [0, 0.1) is 5.92 Å². The number of carboxylic acid groups (broad SMARTS) is 1. The van der Waals surface area contributed by atoms with Gasteiger partial charge in [0.05, 0.1) is 19.1 Å². The standard InChI is InChI=1S/C15H26N2O4/c1-11-3-2-9-17(14(11)15(19)20)13(18)6-10-21-12-4-7-16-8-5-12/h11-12,14,16H,2-10H2,1H3,(H,19,20). The molecule has 1 amide bonds. The van der Waals surface area contributed by atoms with Gasteiger partial charge < -0.3 is 20.1 Å². The van der Waals surface area contributed by atoms with E-state index in [-0.39, 0.29) is 24.3 Å². The van der Waals surface area contributed by atoms with E-state index in [2.05, 4.69) is 5.32 Å². The van der Waals surface area contributed by atoms with E-state index < -0.39 is 12.0 Å². The highest BCUT2D eigenvalue weighted by Crippen LogP contribution is 2.24. The Balaban J connectivity index is 1.79. The summed E-state index contributed by atoms with van der Waals surface area (Å²) < 4.78 is 5.73. The van der Waals surface area contributed by atoms with Gasteiger partial charge in [-0.25, -0.2) is 4.79 Å². The average molecular weight is 298 g/mol. The van der Waals surface area contributed by atoms with Crippen LogP contribution in [0.5, 0.6) is 0 Å². The second-order valence-corrected chi connectivity index (χ2v) is 6.06. The van der Waals surface area contributed by atoms with Crippen molar-refractivity contribution in [3.8, 4) is 0 Å². The van der Waals surface area contributed by atoms with Crippen LogP contribution < -0.4 is 5.32 Å². The minimum Gasteiger partial charge on any atom is -0.480 e. The van der Waals surface area contributed by atoms with Crippen molar-refractivity contribution in [2.24, 2.45) is 5.92 Å². The lowest BCUT2D eigenvalue weighted by molar-refractivity contribution is -0.155. The van der Waals surface area contributed by atoms with Crippen LogP contribution in [0.25, 0.3) is 0 Å². The first-order valence-corrected chi connectivity index (χ1v) is 7.94. The number of carbonyl (C=O) groups is 2. The zero-order valence-corrected chi connectivity index (χ0v) is 12.7. The molecule has 2 unspecified atom stereocenters. The number of hydrogen-bond donors (Lipinski definition) is 2. The maximum atomic E-state index is 12.3. The lowest BCUT2D eigenvalue weighted by Crippen LogP contribution is -2.52. The van der Waals surface area contributed by atoms with Crippen LogP contribution in [-0.4, -0.2) is 60.3 Å². The number of amides is 1. The van der Waals surface area contributed by atoms with Gasteiger partial charge in [0, 0.05) is 6.54 Å². The number of aliphatic carboxylic acids is 1. The minimum atomic E-state index is -0.894. The first kappa shape index (κ1) is 16.2. The van der Waals surface area contributed by atoms with Gasteiger partial charge in [0.2, 0.25) is 5.91 Å². The Morgan fingerprint density at radius 2 is 2.00 bits per heavy atom. The minimum absolute atomic E-state index is 0.0190. The van der Waals surface area contributed by atoms with Crippen molar-refractivity contribution < 1.29 is 19.4 Å². The molecule has 2 aliphatic heterocycles. The summed E-state index contributed by atoms with van der Waals surface area (Å²) in [4.78, 5) is 25.2. The summed E-state index contributed by atoms with van der Waals surface area (Å²) in [6.07, 6.45) is 4.22. The smallest absolute Gasteiger partial charge is 0.326 e. The van der Waals surface area contributed by atoms with Crippen LogP contribution in [0.15, 0.2) is 0 Å². The summed E-state index contributed by atoms with van der Waals surface area (Å²) in [7, 11) is 0. The Hall–Kier alpha value is -1.14. The third-order valence-electron chi connectivity index (χ3n) is 4.46. The fourth-order valence-electron chi connectivity index (χ4n) is 3.26. The second-order valence-electron chi connectivity index (χ2n) is 6.06. The average Bonchev–Trinajstić information content (AvgIpc) is 2.47. The number of hydrogen-bond acceptors (Lipinski definition) is 4. The summed E-state index contributed by atoms with van der Waals surface area (Å²) in [5.41, 5.74) is 0. The molecule has 120 valence electrons. The quantitative estimate of drug-likeness (QED) is 0.787. The summed E-state index contributed by atoms with van der Waals surface area (Å²) in [5.74, 6) is -0.969. The van der Waals surface area contributed by atoms with Crippen LogP contribution in [0.4, 0.5) is 0 Å². The molecule has 2 atom stereocenters. The molecule has 2 saturated heterocycles. The third kappa shape index (κ3) is 4.41. The molecular weight excluding hydrogens is 272 g/mol. The molecular formula is C15H26N2O4. The molecule has 0 bridgehead atoms. The van der Waals surface area contributed by atoms with Gasteiger partial charge in [-0.3, -0.25) is 4.79 Å². The van der Waals surface area contributed by atoms with Crippen molar-refractivity contribution in [2.45, 2.75) is 51.2 Å². The molecule has 0 aromatic heterocycles. The Kier molecular flexibility index (Phi) is 5.99. The molecule has 21 heavy (non-hydrogen) atoms. The van der Waals surface area contributed by atoms with Gasteiger partial charge in [-0.2, -0.15) is 0 Å². The monoisotopic (exact) mass is 298 g/mol. The maximum absolute atomic E-state index is 12.3. The molecule has 0 aromatic carbocycles. The van der Waals surface area contributed by atoms with Crippen molar-refractivity contribution in [3.05, 3.63) is 0 Å². The predicted molar refractivity (Wildman–Crippen MR) is 78.0 cm³/mol. The van der Waals surface area contributed by atoms with Crippen molar-refractivity contribution in [3.63, 3.8) is 0 Å². The van der Waals surface area contributed by atoms with Crippen LogP contribution in [0.3, 0.4) is 0 Å². The van der Waals surface area contributed by atoms with Gasteiger partial charge in [-0.1, -0.05) is 6.92 Å². The maximum Gasteiger partial charge on any atom is 0.326 e. The van der Waals surface area contributed by atoms with Crippen molar-refractivity contribution in [1.29, 1.82) is 0 Å². The largest absolute Gasteiger partial charge is 0.480 e. The molecule has 2 rings (SSSR count). The Morgan fingerprint density at radius 1 is 1.29 bits per heavy atom. The number of carboxylic acids is 1. The van der Waals surface area contributed by atoms with Crippen molar-refractivity contribution >= 4 is 11.9 Å². The third-order valence-corrected chi connectivity index (χ3v) is 4.46. The SMILES string of the molecule is CC1CCCN(C(=O)CCOC2CCNCC2)C1C(=O)O. The number of piperidine rings is 2. The van der Waals surface area contributed by atoms with Gasteiger partial charge in [0.1, 0.15) is 6.04 Å². The molecule has 0 radical (unpaired) electrons. The highest BCUT2D eigenvalue weighted by molar-refractivity contribution is 5.84. The van der Waals surface area contributed by atoms with E-state index in [1.807, 2.05) is 6.92 Å². The number of carbonyl (C=O) groups excluding carboxylic acids is 1. The first-order chi connectivity index (χ1) is 10.1. The topological polar surface area (TPSA) is 78.9 Å². The van der Waals surface area contributed by atoms with E-state index in [1.54, 1.807) is 0 Å². The van der Waals surface area contributed by atoms with Crippen LogP contribution in [-0.2, 0) is 14.3 Å². The van der Waals surface area contributed by atoms with Crippen LogP contribution in [0.2, 0.25) is 0 Å². The number of nitrogens with one attached hydrogen (secondary N) is 1. The molecule has 0 spiro atoms. The van der Waals surface area contributed by atoms with Gasteiger partial charge >= 0.3 is 5.97 Å². The van der Waals surface area contributed by atoms with Crippen LogP contribution in [0.1, 0.15) is 39.0 Å². The van der Waals surface area contributed by atoms with E-state index in [4.69, 9.17) is 4.74 Å². The predicted octanol–water partition coefficient (Wildman–Crippen LogP) is 0.857. The zero-order chi connectivity index (χ0) is 15.2. The number of rotatable bonds is 5. The van der Waals surface area contributed by atoms with Crippen LogP contribution >= 0.6 is 0 Å². The van der Waals surface area contributed by atoms with Crippen molar-refractivity contribution in [2.75, 3.05) is 26.2 Å². The van der Waals surface area contributed by atoms with Gasteiger partial charge in [-0.05, 0) is 44.7 Å². The van der Waals surface area contributed by atoms with E-state index in [0.717, 1.165) is 38.8 Å². The Morgan fingerprint density at radius 3 is 2.67 bits per heavy atom. The van der Waals surface area contributed by atoms with E-state index in [0.29, 0.717) is 13.2 Å². The summed E-state index contributed by atoms with van der Waals surface area (Å²) in [6, 6.07) is -0.676. The molecule has 0 saturated carbocycles. The normalized spacial score (nSPS) is 27.6. The lowest BCUT2D eigenvalue weighted by atomic mass is 9.90. The molecule has 2 aliphatic rings. The summed E-state index contributed by atoms with van der Waals surface area (Å²) >= 11 is 0. The van der Waals surface area contributed by atoms with Crippen molar-refractivity contribution in [1.82, 2.24) is 10.2 Å². The Labute approximate surface area is 125 Å². The molecule has 0 aliphatic carbocycles. The van der Waals surface area contributed by atoms with E-state index in [1.165, 1.54) is 4.90 Å². The number of likely N-dealkylation sites (tertiary alicyclic amines) is 1. The summed E-state index contributed by atoms with van der Waals surface area (Å²) in [5, 5.41) is 12.6. The van der Waals surface area contributed by atoms with E-state index in [9.17, 15) is 14.7 Å². The lowest BCUT2D eigenvalue weighted by Gasteiger charge is -2.37. The zero-order valence-electron chi connectivity index (χ0n) is 12.7. The number of nitrogens with zero attached hydrogens (tertiary/aromatic N) is 1. The molecule has 6 heteroatoms. The molecule has 2 N–H and O–H groups in total. The molecule has 0 aromatic rings. The first-order valence-electron chi connectivity index (χ1n) is 7.94. The number of ether oxygens (including phenoxy) is 1. The van der Waals surface area contributed by atoms with Gasteiger partial charge in [-0.15, -0.1) is 0 Å². The summed E-state index contributed by atoms with van der Waals surface area (Å²) in [6.45, 7) is 4.77. The van der Waals surface area contributed by atoms with Gasteiger partial charge in [0.15, 0.2) is 0 Å². The second kappa shape index (κ2) is 7.75. The fourth-order valence-corrected chi connectivity index (χ4v) is 3.26. The van der Waals surface area contributed by atoms with Gasteiger partial charge in [0.25, 0.3) is 0 Å². The Bertz CT molecular complexity index is 369. The van der Waals surface area contributed by atoms with E-state index >= 15 is 0 Å². The molecule has 6 nitrogen and oxygen atoms in total. The fraction of sp³-hybridized carbons (Fsp3) is 0.867. The molecule has 2 fully saturated rings. The highest BCUT2D eigenvalue weighted by atomic mass is 16.5. The highest BCUT2D eigenvalue weighted by Gasteiger charge is 2.36. The molecule has 2 heterocycles.